The maximum Gasteiger partial charge on any atom is 0.392 e. The number of nitrogens with two attached hydrogens (primary N) is 1. The zero-order chi connectivity index (χ0) is 13.1. The average molecular weight is 265 g/mol. The van der Waals surface area contributed by atoms with Crippen molar-refractivity contribution in [1.82, 2.24) is 9.97 Å². The smallest absolute Gasteiger partial charge is 0.392 e. The Balaban J connectivity index is 2.68. The van der Waals surface area contributed by atoms with Crippen LogP contribution in [0.25, 0.3) is 0 Å². The van der Waals surface area contributed by atoms with Gasteiger partial charge in [-0.1, -0.05) is 12.2 Å². The van der Waals surface area contributed by atoms with Crippen LogP contribution in [-0.4, -0.2) is 27.7 Å². The third kappa shape index (κ3) is 4.94. The molecule has 0 aliphatic rings. The van der Waals surface area contributed by atoms with Gasteiger partial charge in [0.15, 0.2) is 0 Å². The Morgan fingerprint density at radius 3 is 2.65 bits per heavy atom. The summed E-state index contributed by atoms with van der Waals surface area (Å²) in [5.41, 5.74) is 6.15. The zero-order valence-electron chi connectivity index (χ0n) is 8.91. The molecule has 4 nitrogen and oxygen atoms in total. The topological polar surface area (TPSA) is 61.0 Å². The van der Waals surface area contributed by atoms with Crippen molar-refractivity contribution < 1.29 is 17.9 Å². The van der Waals surface area contributed by atoms with Crippen molar-refractivity contribution in [1.29, 1.82) is 0 Å². The molecule has 0 radical (unpaired) electrons. The second-order valence-corrected chi connectivity index (χ2v) is 3.69. The molecule has 0 aliphatic heterocycles. The molecule has 0 saturated carbocycles. The summed E-state index contributed by atoms with van der Waals surface area (Å²) in [6.07, 6.45) is -5.33. The molecule has 0 amide bonds. The average Bonchev–Trinajstić information content (AvgIpc) is 2.14. The second-order valence-electron chi connectivity index (χ2n) is 3.26. The zero-order valence-corrected chi connectivity index (χ0v) is 9.73. The number of halogens is 3. The van der Waals surface area contributed by atoms with Gasteiger partial charge < -0.3 is 10.5 Å². The van der Waals surface area contributed by atoms with Crippen molar-refractivity contribution >= 4 is 17.2 Å². The van der Waals surface area contributed by atoms with Crippen molar-refractivity contribution in [3.05, 3.63) is 17.5 Å². The quantitative estimate of drug-likeness (QED) is 0.840. The molecule has 0 bridgehead atoms. The Kier molecular flexibility index (Phi) is 4.22. The summed E-state index contributed by atoms with van der Waals surface area (Å²) in [7, 11) is 0. The van der Waals surface area contributed by atoms with E-state index in [-0.39, 0.29) is 16.7 Å². The van der Waals surface area contributed by atoms with Gasteiger partial charge in [-0.15, -0.1) is 0 Å². The van der Waals surface area contributed by atoms with Gasteiger partial charge in [-0.2, -0.15) is 18.2 Å². The molecule has 17 heavy (non-hydrogen) atoms. The predicted octanol–water partition coefficient (Wildman–Crippen LogP) is 1.75. The summed E-state index contributed by atoms with van der Waals surface area (Å²) >= 11 is 4.71. The SMILES string of the molecule is Cc1cc(C(N)=S)nc(OCCC(F)(F)F)n1. The maximum absolute atomic E-state index is 11.9. The van der Waals surface area contributed by atoms with E-state index in [1.807, 2.05) is 0 Å². The molecule has 0 fully saturated rings. The number of hydrogen-bond donors (Lipinski definition) is 1. The molecular weight excluding hydrogens is 255 g/mol. The highest BCUT2D eigenvalue weighted by Gasteiger charge is 2.27. The summed E-state index contributed by atoms with van der Waals surface area (Å²) in [4.78, 5) is 7.64. The van der Waals surface area contributed by atoms with Crippen LogP contribution in [0.1, 0.15) is 17.8 Å². The number of thiocarbonyl (C=S) groups is 1. The van der Waals surface area contributed by atoms with Gasteiger partial charge in [-0.25, -0.2) is 4.98 Å². The third-order valence-electron chi connectivity index (χ3n) is 1.70. The van der Waals surface area contributed by atoms with Crippen LogP contribution in [0, 0.1) is 6.92 Å². The fourth-order valence-electron chi connectivity index (χ4n) is 0.990. The predicted molar refractivity (Wildman–Crippen MR) is 58.8 cm³/mol. The molecule has 1 rings (SSSR count). The fraction of sp³-hybridized carbons (Fsp3) is 0.444. The van der Waals surface area contributed by atoms with E-state index in [9.17, 15) is 13.2 Å². The molecule has 1 heterocycles. The number of nitrogens with zero attached hydrogens (tertiary/aromatic N) is 2. The van der Waals surface area contributed by atoms with Crippen LogP contribution in [0.4, 0.5) is 13.2 Å². The summed E-state index contributed by atoms with van der Waals surface area (Å²) in [5, 5.41) is 0. The Labute approximate surface area is 101 Å². The van der Waals surface area contributed by atoms with Crippen molar-refractivity contribution in [3.8, 4) is 6.01 Å². The molecule has 0 unspecified atom stereocenters. The minimum atomic E-state index is -4.27. The Morgan fingerprint density at radius 1 is 1.47 bits per heavy atom. The number of aryl methyl sites for hydroxylation is 1. The molecule has 0 atom stereocenters. The second kappa shape index (κ2) is 5.26. The molecule has 8 heteroatoms. The highest BCUT2D eigenvalue weighted by molar-refractivity contribution is 7.80. The monoisotopic (exact) mass is 265 g/mol. The van der Waals surface area contributed by atoms with E-state index in [0.29, 0.717) is 5.69 Å². The molecule has 0 spiro atoms. The van der Waals surface area contributed by atoms with E-state index in [1.54, 1.807) is 6.92 Å². The first-order valence-electron chi connectivity index (χ1n) is 4.63. The summed E-state index contributed by atoms with van der Waals surface area (Å²) in [6, 6.07) is 1.37. The number of ether oxygens (including phenoxy) is 1. The largest absolute Gasteiger partial charge is 0.463 e. The highest BCUT2D eigenvalue weighted by Crippen LogP contribution is 2.19. The van der Waals surface area contributed by atoms with Gasteiger partial charge in [0.2, 0.25) is 0 Å². The first-order valence-corrected chi connectivity index (χ1v) is 5.04. The van der Waals surface area contributed by atoms with Gasteiger partial charge in [0.05, 0.1) is 6.42 Å². The molecule has 0 aliphatic carbocycles. The minimum Gasteiger partial charge on any atom is -0.463 e. The van der Waals surface area contributed by atoms with E-state index in [2.05, 4.69) is 9.97 Å². The molecule has 1 aromatic heterocycles. The van der Waals surface area contributed by atoms with Crippen LogP contribution >= 0.6 is 12.2 Å². The third-order valence-corrected chi connectivity index (χ3v) is 1.91. The van der Waals surface area contributed by atoms with Gasteiger partial charge in [0, 0.05) is 5.69 Å². The van der Waals surface area contributed by atoms with Crippen molar-refractivity contribution in [2.24, 2.45) is 5.73 Å². The Morgan fingerprint density at radius 2 is 2.12 bits per heavy atom. The summed E-state index contributed by atoms with van der Waals surface area (Å²) < 4.78 is 40.4. The molecule has 1 aromatic rings. The number of rotatable bonds is 4. The van der Waals surface area contributed by atoms with Gasteiger partial charge in [-0.05, 0) is 13.0 Å². The lowest BCUT2D eigenvalue weighted by molar-refractivity contribution is -0.139. The summed E-state index contributed by atoms with van der Waals surface area (Å²) in [6.45, 7) is 1.10. The summed E-state index contributed by atoms with van der Waals surface area (Å²) in [5.74, 6) is 0. The van der Waals surface area contributed by atoms with E-state index in [0.717, 1.165) is 0 Å². The van der Waals surface area contributed by atoms with E-state index in [1.165, 1.54) is 6.07 Å². The van der Waals surface area contributed by atoms with E-state index >= 15 is 0 Å². The van der Waals surface area contributed by atoms with Crippen LogP contribution in [0.3, 0.4) is 0 Å². The molecule has 94 valence electrons. The van der Waals surface area contributed by atoms with Crippen LogP contribution < -0.4 is 10.5 Å². The lowest BCUT2D eigenvalue weighted by Crippen LogP contribution is -2.16. The van der Waals surface area contributed by atoms with Crippen molar-refractivity contribution in [3.63, 3.8) is 0 Å². The van der Waals surface area contributed by atoms with Crippen molar-refractivity contribution in [2.45, 2.75) is 19.5 Å². The first-order chi connectivity index (χ1) is 7.78. The van der Waals surface area contributed by atoms with Crippen LogP contribution in [0.15, 0.2) is 6.07 Å². The van der Waals surface area contributed by atoms with Crippen LogP contribution in [0.5, 0.6) is 6.01 Å². The number of aromatic nitrogens is 2. The fourth-order valence-corrected chi connectivity index (χ4v) is 1.09. The van der Waals surface area contributed by atoms with Gasteiger partial charge >= 0.3 is 12.2 Å². The number of alkyl halides is 3. The molecule has 0 aromatic carbocycles. The molecule has 0 saturated heterocycles. The van der Waals surface area contributed by atoms with Gasteiger partial charge in [-0.3, -0.25) is 0 Å². The van der Waals surface area contributed by atoms with Crippen LogP contribution in [-0.2, 0) is 0 Å². The Bertz CT molecular complexity index is 422. The van der Waals surface area contributed by atoms with Gasteiger partial charge in [0.1, 0.15) is 17.3 Å². The molecular formula is C9H10F3N3OS. The normalized spacial score (nSPS) is 11.3. The van der Waals surface area contributed by atoms with E-state index < -0.39 is 19.2 Å². The maximum atomic E-state index is 11.9. The Hall–Kier alpha value is -1.44. The van der Waals surface area contributed by atoms with Gasteiger partial charge in [0.25, 0.3) is 0 Å². The van der Waals surface area contributed by atoms with Crippen molar-refractivity contribution in [2.75, 3.05) is 6.61 Å². The highest BCUT2D eigenvalue weighted by atomic mass is 32.1. The minimum absolute atomic E-state index is 0.0381. The molecule has 2 N–H and O–H groups in total. The lowest BCUT2D eigenvalue weighted by Gasteiger charge is -2.08. The number of hydrogen-bond acceptors (Lipinski definition) is 4. The standard InChI is InChI=1S/C9H10F3N3OS/c1-5-4-6(7(13)17)15-8(14-5)16-3-2-9(10,11)12/h4H,2-3H2,1H3,(H2,13,17). The first kappa shape index (κ1) is 13.6. The van der Waals surface area contributed by atoms with Crippen LogP contribution in [0.2, 0.25) is 0 Å². The lowest BCUT2D eigenvalue weighted by atomic mass is 10.3. The van der Waals surface area contributed by atoms with E-state index in [4.69, 9.17) is 22.7 Å².